The molecule has 0 bridgehead atoms. The van der Waals surface area contributed by atoms with Crippen LogP contribution in [0.2, 0.25) is 5.02 Å². The Morgan fingerprint density at radius 3 is 2.64 bits per heavy atom. The lowest BCUT2D eigenvalue weighted by Gasteiger charge is -2.14. The molecule has 0 saturated heterocycles. The van der Waals surface area contributed by atoms with Crippen molar-refractivity contribution in [3.63, 3.8) is 0 Å². The van der Waals surface area contributed by atoms with Crippen LogP contribution in [-0.2, 0) is 6.42 Å². The van der Waals surface area contributed by atoms with E-state index in [1.807, 2.05) is 19.1 Å². The zero-order valence-electron chi connectivity index (χ0n) is 15.9. The molecule has 2 heterocycles. The van der Waals surface area contributed by atoms with Gasteiger partial charge in [0.1, 0.15) is 22.7 Å². The predicted octanol–water partition coefficient (Wildman–Crippen LogP) is 6.63. The Labute approximate surface area is 173 Å². The highest BCUT2D eigenvalue weighted by Gasteiger charge is 2.15. The number of fused-ring (bicyclic) bond motifs is 1. The van der Waals surface area contributed by atoms with E-state index in [0.29, 0.717) is 10.8 Å². The van der Waals surface area contributed by atoms with E-state index in [0.717, 1.165) is 44.8 Å². The number of ether oxygens (including phenoxy) is 1. The van der Waals surface area contributed by atoms with Gasteiger partial charge in [-0.3, -0.25) is 0 Å². The predicted molar refractivity (Wildman–Crippen MR) is 118 cm³/mol. The Kier molecular flexibility index (Phi) is 5.20. The summed E-state index contributed by atoms with van der Waals surface area (Å²) >= 11 is 7.86. The maximum absolute atomic E-state index is 6.24. The van der Waals surface area contributed by atoms with Crippen LogP contribution in [0.25, 0.3) is 21.3 Å². The standard InChI is InChI=1S/C22H20ClN3OS/c1-4-14-5-7-15(8-6-14)16-11-28-22-20(16)21(24-12-25-22)26-18-9-13(2)17(23)10-19(18)27-3/h5-12H,4H2,1-3H3,(H,24,25,26). The maximum atomic E-state index is 6.24. The molecule has 0 aliphatic rings. The number of hydrogen-bond acceptors (Lipinski definition) is 5. The van der Waals surface area contributed by atoms with Gasteiger partial charge in [0, 0.05) is 22.0 Å². The zero-order chi connectivity index (χ0) is 19.7. The fraction of sp³-hybridized carbons (Fsp3) is 0.182. The van der Waals surface area contributed by atoms with Gasteiger partial charge < -0.3 is 10.1 Å². The van der Waals surface area contributed by atoms with Gasteiger partial charge in [0.15, 0.2) is 0 Å². The number of nitrogens with zero attached hydrogens (tertiary/aromatic N) is 2. The second-order valence-corrected chi connectivity index (χ2v) is 7.79. The first-order chi connectivity index (χ1) is 13.6. The van der Waals surface area contributed by atoms with Crippen LogP contribution in [0.4, 0.5) is 11.5 Å². The lowest BCUT2D eigenvalue weighted by Crippen LogP contribution is -1.99. The van der Waals surface area contributed by atoms with Crippen LogP contribution in [0.3, 0.4) is 0 Å². The smallest absolute Gasteiger partial charge is 0.143 e. The van der Waals surface area contributed by atoms with Crippen LogP contribution in [0, 0.1) is 6.92 Å². The fourth-order valence-corrected chi connectivity index (χ4v) is 4.23. The van der Waals surface area contributed by atoms with Crippen molar-refractivity contribution >= 4 is 44.7 Å². The van der Waals surface area contributed by atoms with Gasteiger partial charge >= 0.3 is 0 Å². The highest BCUT2D eigenvalue weighted by molar-refractivity contribution is 7.17. The molecule has 0 aliphatic heterocycles. The molecule has 1 N–H and O–H groups in total. The second kappa shape index (κ2) is 7.78. The number of thiophene rings is 1. The van der Waals surface area contributed by atoms with E-state index in [2.05, 4.69) is 51.9 Å². The number of aryl methyl sites for hydroxylation is 2. The number of halogens is 1. The molecule has 0 unspecified atom stereocenters. The van der Waals surface area contributed by atoms with Crippen molar-refractivity contribution in [2.24, 2.45) is 0 Å². The van der Waals surface area contributed by atoms with Crippen molar-refractivity contribution in [3.05, 3.63) is 64.3 Å². The topological polar surface area (TPSA) is 47.0 Å². The van der Waals surface area contributed by atoms with E-state index in [9.17, 15) is 0 Å². The number of hydrogen-bond donors (Lipinski definition) is 1. The molecule has 4 rings (SSSR count). The maximum Gasteiger partial charge on any atom is 0.143 e. The quantitative estimate of drug-likeness (QED) is 0.401. The van der Waals surface area contributed by atoms with Gasteiger partial charge in [0.2, 0.25) is 0 Å². The number of nitrogens with one attached hydrogen (secondary N) is 1. The molecule has 28 heavy (non-hydrogen) atoms. The van der Waals surface area contributed by atoms with Crippen molar-refractivity contribution < 1.29 is 4.74 Å². The first kappa shape index (κ1) is 18.7. The van der Waals surface area contributed by atoms with Crippen LogP contribution >= 0.6 is 22.9 Å². The third-order valence-corrected chi connectivity index (χ3v) is 6.07. The highest BCUT2D eigenvalue weighted by Crippen LogP contribution is 2.39. The van der Waals surface area contributed by atoms with Gasteiger partial charge in [0.05, 0.1) is 18.2 Å². The van der Waals surface area contributed by atoms with Gasteiger partial charge in [-0.2, -0.15) is 0 Å². The summed E-state index contributed by atoms with van der Waals surface area (Å²) in [6, 6.07) is 12.4. The Hall–Kier alpha value is -2.63. The van der Waals surface area contributed by atoms with Crippen molar-refractivity contribution in [1.82, 2.24) is 9.97 Å². The lowest BCUT2D eigenvalue weighted by atomic mass is 10.0. The minimum Gasteiger partial charge on any atom is -0.495 e. The molecule has 0 fully saturated rings. The molecular weight excluding hydrogens is 390 g/mol. The van der Waals surface area contributed by atoms with Gasteiger partial charge in [-0.15, -0.1) is 11.3 Å². The van der Waals surface area contributed by atoms with Crippen molar-refractivity contribution in [2.45, 2.75) is 20.3 Å². The highest BCUT2D eigenvalue weighted by atomic mass is 35.5. The molecule has 2 aromatic heterocycles. The van der Waals surface area contributed by atoms with Crippen LogP contribution in [0.1, 0.15) is 18.1 Å². The summed E-state index contributed by atoms with van der Waals surface area (Å²) in [4.78, 5) is 9.91. The molecule has 0 amide bonds. The van der Waals surface area contributed by atoms with E-state index in [-0.39, 0.29) is 0 Å². The van der Waals surface area contributed by atoms with Crippen LogP contribution < -0.4 is 10.1 Å². The van der Waals surface area contributed by atoms with Crippen LogP contribution in [0.5, 0.6) is 5.75 Å². The molecule has 0 radical (unpaired) electrons. The number of aromatic nitrogens is 2. The number of rotatable bonds is 5. The van der Waals surface area contributed by atoms with E-state index < -0.39 is 0 Å². The van der Waals surface area contributed by atoms with Crippen LogP contribution in [-0.4, -0.2) is 17.1 Å². The summed E-state index contributed by atoms with van der Waals surface area (Å²) in [6.07, 6.45) is 2.61. The number of benzene rings is 2. The summed E-state index contributed by atoms with van der Waals surface area (Å²) in [5.74, 6) is 1.42. The Balaban J connectivity index is 1.82. The molecule has 0 saturated carbocycles. The molecule has 0 atom stereocenters. The average molecular weight is 410 g/mol. The largest absolute Gasteiger partial charge is 0.495 e. The minimum atomic E-state index is 0.669. The van der Waals surface area contributed by atoms with E-state index in [4.69, 9.17) is 16.3 Å². The Morgan fingerprint density at radius 1 is 1.14 bits per heavy atom. The number of methoxy groups -OCH3 is 1. The number of anilines is 2. The van der Waals surface area contributed by atoms with Gasteiger partial charge in [-0.1, -0.05) is 42.8 Å². The molecular formula is C22H20ClN3OS. The monoisotopic (exact) mass is 409 g/mol. The molecule has 2 aromatic carbocycles. The average Bonchev–Trinajstić information content (AvgIpc) is 3.16. The molecule has 0 spiro atoms. The van der Waals surface area contributed by atoms with Gasteiger partial charge in [-0.25, -0.2) is 9.97 Å². The Bertz CT molecular complexity index is 1140. The second-order valence-electron chi connectivity index (χ2n) is 6.53. The van der Waals surface area contributed by atoms with Gasteiger partial charge in [0.25, 0.3) is 0 Å². The fourth-order valence-electron chi connectivity index (χ4n) is 3.16. The molecule has 4 aromatic rings. The first-order valence-corrected chi connectivity index (χ1v) is 10.3. The van der Waals surface area contributed by atoms with E-state index in [1.54, 1.807) is 24.8 Å². The third-order valence-electron chi connectivity index (χ3n) is 4.78. The van der Waals surface area contributed by atoms with Crippen molar-refractivity contribution in [3.8, 4) is 16.9 Å². The first-order valence-electron chi connectivity index (χ1n) is 9.03. The van der Waals surface area contributed by atoms with E-state index >= 15 is 0 Å². The van der Waals surface area contributed by atoms with Crippen molar-refractivity contribution in [1.29, 1.82) is 0 Å². The normalized spacial score (nSPS) is 11.0. The third kappa shape index (κ3) is 3.43. The summed E-state index contributed by atoms with van der Waals surface area (Å²) < 4.78 is 5.50. The SMILES string of the molecule is CCc1ccc(-c2csc3ncnc(Nc4cc(C)c(Cl)cc4OC)c23)cc1. The minimum absolute atomic E-state index is 0.669. The van der Waals surface area contributed by atoms with Gasteiger partial charge in [-0.05, 0) is 36.1 Å². The summed E-state index contributed by atoms with van der Waals surface area (Å²) in [7, 11) is 1.63. The Morgan fingerprint density at radius 2 is 1.93 bits per heavy atom. The molecule has 0 aliphatic carbocycles. The molecule has 4 nitrogen and oxygen atoms in total. The molecule has 142 valence electrons. The summed E-state index contributed by atoms with van der Waals surface area (Å²) in [5, 5.41) is 7.23. The van der Waals surface area contributed by atoms with Crippen LogP contribution in [0.15, 0.2) is 48.1 Å². The zero-order valence-corrected chi connectivity index (χ0v) is 17.5. The molecule has 6 heteroatoms. The lowest BCUT2D eigenvalue weighted by molar-refractivity contribution is 0.416. The van der Waals surface area contributed by atoms with E-state index in [1.165, 1.54) is 5.56 Å². The summed E-state index contributed by atoms with van der Waals surface area (Å²) in [5.41, 5.74) is 5.38. The summed E-state index contributed by atoms with van der Waals surface area (Å²) in [6.45, 7) is 4.13. The van der Waals surface area contributed by atoms with Crippen molar-refractivity contribution in [2.75, 3.05) is 12.4 Å².